The summed E-state index contributed by atoms with van der Waals surface area (Å²) in [7, 11) is 0. The summed E-state index contributed by atoms with van der Waals surface area (Å²) in [5.74, 6) is -1.16. The van der Waals surface area contributed by atoms with Gasteiger partial charge in [0.25, 0.3) is 11.6 Å². The monoisotopic (exact) mass is 425 g/mol. The molecule has 1 unspecified atom stereocenters. The fraction of sp³-hybridized carbons (Fsp3) is 0.158. The number of anilines is 2. The zero-order chi connectivity index (χ0) is 21.3. The third kappa shape index (κ3) is 3.96. The minimum Gasteiger partial charge on any atom is -0.340 e. The van der Waals surface area contributed by atoms with Crippen molar-refractivity contribution in [3.05, 3.63) is 58.1 Å². The van der Waals surface area contributed by atoms with E-state index in [-0.39, 0.29) is 30.3 Å². The molecule has 11 heteroatoms. The van der Waals surface area contributed by atoms with Crippen LogP contribution in [0.5, 0.6) is 0 Å². The van der Waals surface area contributed by atoms with Gasteiger partial charge in [0.05, 0.1) is 26.4 Å². The lowest BCUT2D eigenvalue weighted by molar-refractivity contribution is -0.384. The highest BCUT2D eigenvalue weighted by Gasteiger charge is 2.28. The maximum absolute atomic E-state index is 12.4. The Labute approximate surface area is 173 Å². The van der Waals surface area contributed by atoms with Gasteiger partial charge in [-0.15, -0.1) is 0 Å². The predicted molar refractivity (Wildman–Crippen MR) is 110 cm³/mol. The Morgan fingerprint density at radius 1 is 1.23 bits per heavy atom. The Hall–Kier alpha value is -3.86. The van der Waals surface area contributed by atoms with Crippen LogP contribution in [0.3, 0.4) is 0 Å². The molecule has 1 aliphatic heterocycles. The number of para-hydroxylation sites is 1. The normalized spacial score (nSPS) is 15.7. The summed E-state index contributed by atoms with van der Waals surface area (Å²) < 4.78 is 0.577. The van der Waals surface area contributed by atoms with Gasteiger partial charge in [-0.05, 0) is 24.6 Å². The molecule has 1 aromatic heterocycles. The van der Waals surface area contributed by atoms with Gasteiger partial charge in [-0.2, -0.15) is 0 Å². The number of rotatable bonds is 5. The number of hydrogen-bond acceptors (Lipinski definition) is 7. The van der Waals surface area contributed by atoms with E-state index in [0.29, 0.717) is 26.6 Å². The minimum atomic E-state index is -0.853. The molecule has 0 radical (unpaired) electrons. The Morgan fingerprint density at radius 3 is 2.83 bits per heavy atom. The van der Waals surface area contributed by atoms with E-state index in [1.165, 1.54) is 18.2 Å². The van der Waals surface area contributed by atoms with Crippen LogP contribution in [0.4, 0.5) is 16.5 Å². The number of amides is 3. The van der Waals surface area contributed by atoms with Gasteiger partial charge < -0.3 is 16.0 Å². The standard InChI is InChI=1S/C19H15N5O5S/c25-16(23-19-22-13-6-5-10(24(28)29)9-15(13)30-19)8-7-14-18(27)20-12-4-2-1-3-11(12)17(26)21-14/h1-6,9,14H,7-8H2,(H,20,27)(H,21,26)(H,22,23,25). The first kappa shape index (κ1) is 19.5. The number of nitrogens with zero attached hydrogens (tertiary/aromatic N) is 2. The van der Waals surface area contributed by atoms with Crippen LogP contribution in [0.1, 0.15) is 23.2 Å². The average molecular weight is 425 g/mol. The van der Waals surface area contributed by atoms with Gasteiger partial charge in [-0.1, -0.05) is 23.5 Å². The van der Waals surface area contributed by atoms with Crippen molar-refractivity contribution < 1.29 is 19.3 Å². The maximum Gasteiger partial charge on any atom is 0.270 e. The molecule has 2 heterocycles. The van der Waals surface area contributed by atoms with Gasteiger partial charge >= 0.3 is 0 Å². The molecule has 0 saturated heterocycles. The lowest BCUT2D eigenvalue weighted by Crippen LogP contribution is -2.41. The van der Waals surface area contributed by atoms with E-state index >= 15 is 0 Å². The van der Waals surface area contributed by atoms with Crippen LogP contribution in [0.15, 0.2) is 42.5 Å². The highest BCUT2D eigenvalue weighted by Crippen LogP contribution is 2.29. The molecule has 3 aromatic rings. The lowest BCUT2D eigenvalue weighted by atomic mass is 10.1. The van der Waals surface area contributed by atoms with Gasteiger partial charge in [0.2, 0.25) is 11.8 Å². The van der Waals surface area contributed by atoms with Crippen molar-refractivity contribution in [2.75, 3.05) is 10.6 Å². The van der Waals surface area contributed by atoms with Crippen molar-refractivity contribution >= 4 is 55.8 Å². The quantitative estimate of drug-likeness (QED) is 0.424. The van der Waals surface area contributed by atoms with Crippen LogP contribution < -0.4 is 16.0 Å². The van der Waals surface area contributed by atoms with Gasteiger partial charge in [0.1, 0.15) is 6.04 Å². The van der Waals surface area contributed by atoms with Crippen molar-refractivity contribution in [3.8, 4) is 0 Å². The molecule has 152 valence electrons. The molecular weight excluding hydrogens is 410 g/mol. The fourth-order valence-corrected chi connectivity index (χ4v) is 3.97. The summed E-state index contributed by atoms with van der Waals surface area (Å²) in [4.78, 5) is 51.6. The van der Waals surface area contributed by atoms with Crippen LogP contribution >= 0.6 is 11.3 Å². The number of benzene rings is 2. The lowest BCUT2D eigenvalue weighted by Gasteiger charge is -2.13. The zero-order valence-electron chi connectivity index (χ0n) is 15.4. The molecule has 3 N–H and O–H groups in total. The van der Waals surface area contributed by atoms with Crippen LogP contribution in [-0.2, 0) is 9.59 Å². The van der Waals surface area contributed by atoms with E-state index in [1.807, 2.05) is 0 Å². The van der Waals surface area contributed by atoms with E-state index in [2.05, 4.69) is 20.9 Å². The van der Waals surface area contributed by atoms with Gasteiger partial charge in [0.15, 0.2) is 5.13 Å². The van der Waals surface area contributed by atoms with Gasteiger partial charge in [0, 0.05) is 18.6 Å². The molecule has 2 aromatic carbocycles. The molecular formula is C19H15N5O5S. The number of aromatic nitrogens is 1. The number of fused-ring (bicyclic) bond motifs is 2. The average Bonchev–Trinajstić information content (AvgIpc) is 3.06. The summed E-state index contributed by atoms with van der Waals surface area (Å²) >= 11 is 1.12. The first-order valence-corrected chi connectivity index (χ1v) is 9.78. The van der Waals surface area contributed by atoms with E-state index < -0.39 is 16.9 Å². The van der Waals surface area contributed by atoms with Crippen molar-refractivity contribution in [2.45, 2.75) is 18.9 Å². The van der Waals surface area contributed by atoms with Gasteiger partial charge in [-0.3, -0.25) is 24.5 Å². The highest BCUT2D eigenvalue weighted by atomic mass is 32.1. The molecule has 10 nitrogen and oxygen atoms in total. The van der Waals surface area contributed by atoms with Crippen LogP contribution in [0.2, 0.25) is 0 Å². The van der Waals surface area contributed by atoms with Crippen LogP contribution in [0, 0.1) is 10.1 Å². The fourth-order valence-electron chi connectivity index (χ4n) is 3.05. The second-order valence-electron chi connectivity index (χ2n) is 6.58. The first-order chi connectivity index (χ1) is 14.4. The highest BCUT2D eigenvalue weighted by molar-refractivity contribution is 7.22. The second-order valence-corrected chi connectivity index (χ2v) is 7.61. The maximum atomic E-state index is 12.4. The Balaban J connectivity index is 1.39. The molecule has 0 saturated carbocycles. The molecule has 0 spiro atoms. The van der Waals surface area contributed by atoms with Crippen LogP contribution in [0.25, 0.3) is 10.2 Å². The number of non-ortho nitro benzene ring substituents is 1. The third-order valence-corrected chi connectivity index (χ3v) is 5.47. The summed E-state index contributed by atoms with van der Waals surface area (Å²) in [6, 6.07) is 10.1. The van der Waals surface area contributed by atoms with Crippen molar-refractivity contribution in [2.24, 2.45) is 0 Å². The number of nitro groups is 1. The van der Waals surface area contributed by atoms with E-state index in [9.17, 15) is 24.5 Å². The van der Waals surface area contributed by atoms with Crippen molar-refractivity contribution in [3.63, 3.8) is 0 Å². The van der Waals surface area contributed by atoms with Crippen LogP contribution in [-0.4, -0.2) is 33.7 Å². The first-order valence-electron chi connectivity index (χ1n) is 8.96. The molecule has 3 amide bonds. The number of carbonyl (C=O) groups excluding carboxylic acids is 3. The molecule has 1 aliphatic rings. The predicted octanol–water partition coefficient (Wildman–Crippen LogP) is 2.67. The molecule has 4 rings (SSSR count). The number of nitro benzene ring substituents is 1. The Morgan fingerprint density at radius 2 is 2.03 bits per heavy atom. The molecule has 0 aliphatic carbocycles. The number of nitrogens with one attached hydrogen (secondary N) is 3. The minimum absolute atomic E-state index is 0.0230. The molecule has 0 fully saturated rings. The smallest absolute Gasteiger partial charge is 0.270 e. The largest absolute Gasteiger partial charge is 0.340 e. The number of carbonyl (C=O) groups is 3. The summed E-state index contributed by atoms with van der Waals surface area (Å²) in [5.41, 5.74) is 1.27. The topological polar surface area (TPSA) is 143 Å². The molecule has 30 heavy (non-hydrogen) atoms. The zero-order valence-corrected chi connectivity index (χ0v) is 16.2. The third-order valence-electron chi connectivity index (χ3n) is 4.54. The molecule has 0 bridgehead atoms. The van der Waals surface area contributed by atoms with E-state index in [0.717, 1.165) is 11.3 Å². The summed E-state index contributed by atoms with van der Waals surface area (Å²) in [5, 5.41) is 19.1. The SMILES string of the molecule is O=C(CCC1NC(=O)c2ccccc2NC1=O)Nc1nc2ccc([N+](=O)[O-])cc2s1. The number of hydrogen-bond donors (Lipinski definition) is 3. The summed E-state index contributed by atoms with van der Waals surface area (Å²) in [6.07, 6.45) is 0.0819. The summed E-state index contributed by atoms with van der Waals surface area (Å²) in [6.45, 7) is 0. The Kier molecular flexibility index (Phi) is 5.11. The van der Waals surface area contributed by atoms with Crippen molar-refractivity contribution in [1.29, 1.82) is 0 Å². The second kappa shape index (κ2) is 7.87. The van der Waals surface area contributed by atoms with Gasteiger partial charge in [-0.25, -0.2) is 4.98 Å². The van der Waals surface area contributed by atoms with Crippen molar-refractivity contribution in [1.82, 2.24) is 10.3 Å². The van der Waals surface area contributed by atoms with E-state index in [4.69, 9.17) is 0 Å². The Bertz CT molecular complexity index is 1190. The number of thiazole rings is 1. The van der Waals surface area contributed by atoms with E-state index in [1.54, 1.807) is 24.3 Å². The molecule has 1 atom stereocenters.